The molecule has 0 aromatic heterocycles. The fourth-order valence-corrected chi connectivity index (χ4v) is 3.10. The fraction of sp³-hybridized carbons (Fsp3) is 1.00. The Hall–Kier alpha value is -0.200. The van der Waals surface area contributed by atoms with Crippen molar-refractivity contribution >= 4 is 0 Å². The molecule has 98 valence electrons. The van der Waals surface area contributed by atoms with Gasteiger partial charge in [-0.25, -0.2) is 10.0 Å². The zero-order valence-electron chi connectivity index (χ0n) is 10.6. The molecule has 1 atom stereocenters. The van der Waals surface area contributed by atoms with Crippen LogP contribution in [0.4, 0.5) is 0 Å². The van der Waals surface area contributed by atoms with E-state index in [1.807, 2.05) is 0 Å². The smallest absolute Gasteiger partial charge is 0.0896 e. The first-order valence-electron chi connectivity index (χ1n) is 7.05. The van der Waals surface area contributed by atoms with Crippen LogP contribution in [0.3, 0.4) is 0 Å². The predicted octanol–water partition coefficient (Wildman–Crippen LogP) is 0.256. The minimum absolute atomic E-state index is 0.520. The van der Waals surface area contributed by atoms with Crippen molar-refractivity contribution in [2.45, 2.75) is 31.8 Å². The van der Waals surface area contributed by atoms with Crippen molar-refractivity contribution in [3.8, 4) is 0 Å². The highest BCUT2D eigenvalue weighted by molar-refractivity contribution is 4.77. The third-order valence-electron chi connectivity index (χ3n) is 3.96. The molecule has 1 unspecified atom stereocenters. The third-order valence-corrected chi connectivity index (χ3v) is 3.96. The van der Waals surface area contributed by atoms with Crippen molar-refractivity contribution in [3.05, 3.63) is 0 Å². The lowest BCUT2D eigenvalue weighted by Gasteiger charge is -2.45. The van der Waals surface area contributed by atoms with Gasteiger partial charge >= 0.3 is 0 Å². The van der Waals surface area contributed by atoms with Gasteiger partial charge in [-0.15, -0.1) is 0 Å². The summed E-state index contributed by atoms with van der Waals surface area (Å²) in [5.74, 6) is 0. The zero-order valence-corrected chi connectivity index (χ0v) is 10.6. The van der Waals surface area contributed by atoms with Gasteiger partial charge in [-0.05, 0) is 32.2 Å². The average molecular weight is 240 g/mol. The number of ether oxygens (including phenoxy) is 1. The molecule has 0 aliphatic carbocycles. The molecule has 0 spiro atoms. The number of hydrogen-bond donors (Lipinski definition) is 1. The van der Waals surface area contributed by atoms with E-state index in [-0.39, 0.29) is 0 Å². The number of nitrogens with one attached hydrogen (secondary N) is 1. The van der Waals surface area contributed by atoms with Gasteiger partial charge in [-0.2, -0.15) is 5.12 Å². The van der Waals surface area contributed by atoms with Gasteiger partial charge in [0.25, 0.3) is 0 Å². The maximum atomic E-state index is 5.47. The first kappa shape index (κ1) is 11.9. The molecule has 0 saturated carbocycles. The summed E-state index contributed by atoms with van der Waals surface area (Å²) in [4.78, 5) is 0. The Morgan fingerprint density at radius 1 is 0.941 bits per heavy atom. The van der Waals surface area contributed by atoms with Crippen LogP contribution in [0.15, 0.2) is 0 Å². The van der Waals surface area contributed by atoms with E-state index in [0.717, 1.165) is 26.3 Å². The van der Waals surface area contributed by atoms with Crippen molar-refractivity contribution in [2.24, 2.45) is 0 Å². The molecule has 0 radical (unpaired) electrons. The summed E-state index contributed by atoms with van der Waals surface area (Å²) in [6, 6.07) is 0. The van der Waals surface area contributed by atoms with Gasteiger partial charge in [0.05, 0.1) is 19.4 Å². The number of morpholine rings is 1. The normalized spacial score (nSPS) is 32.6. The highest BCUT2D eigenvalue weighted by atomic mass is 16.5. The largest absolute Gasteiger partial charge is 0.379 e. The molecular weight excluding hydrogens is 216 g/mol. The van der Waals surface area contributed by atoms with Crippen LogP contribution in [0, 0.1) is 0 Å². The second-order valence-electron chi connectivity index (χ2n) is 5.16. The van der Waals surface area contributed by atoms with Gasteiger partial charge in [0, 0.05) is 26.2 Å². The van der Waals surface area contributed by atoms with Crippen LogP contribution in [0.1, 0.15) is 25.7 Å². The molecule has 3 aliphatic heterocycles. The van der Waals surface area contributed by atoms with Crippen molar-refractivity contribution in [3.63, 3.8) is 0 Å². The molecule has 5 nitrogen and oxygen atoms in total. The molecule has 3 saturated heterocycles. The highest BCUT2D eigenvalue weighted by Crippen LogP contribution is 2.21. The third kappa shape index (κ3) is 2.63. The SMILES string of the molecule is C1CNC(N(N2CCCC2)N2CCOCC2)C1. The van der Waals surface area contributed by atoms with E-state index in [1.165, 1.54) is 45.3 Å². The Kier molecular flexibility index (Phi) is 3.93. The lowest BCUT2D eigenvalue weighted by molar-refractivity contribution is -0.227. The monoisotopic (exact) mass is 240 g/mol. The molecule has 0 aromatic carbocycles. The Morgan fingerprint density at radius 3 is 2.29 bits per heavy atom. The molecule has 3 fully saturated rings. The molecule has 0 amide bonds. The minimum Gasteiger partial charge on any atom is -0.379 e. The standard InChI is InChI=1S/C12H24N4O/c1-2-7-14(6-1)16(12-4-3-5-13-12)15-8-10-17-11-9-15/h12-13H,1-11H2. The van der Waals surface area contributed by atoms with Crippen molar-refractivity contribution < 1.29 is 4.74 Å². The van der Waals surface area contributed by atoms with Crippen molar-refractivity contribution in [1.82, 2.24) is 20.5 Å². The molecular formula is C12H24N4O. The minimum atomic E-state index is 0.520. The van der Waals surface area contributed by atoms with E-state index >= 15 is 0 Å². The molecule has 5 heteroatoms. The van der Waals surface area contributed by atoms with Crippen molar-refractivity contribution in [2.75, 3.05) is 45.9 Å². The number of hydrogen-bond acceptors (Lipinski definition) is 5. The average Bonchev–Trinajstić information content (AvgIpc) is 3.04. The number of rotatable bonds is 3. The molecule has 3 aliphatic rings. The predicted molar refractivity (Wildman–Crippen MR) is 66.1 cm³/mol. The Labute approximate surface area is 104 Å². The van der Waals surface area contributed by atoms with Gasteiger partial charge in [-0.1, -0.05) is 0 Å². The Balaban J connectivity index is 1.69. The first-order valence-corrected chi connectivity index (χ1v) is 7.05. The summed E-state index contributed by atoms with van der Waals surface area (Å²) in [5, 5.41) is 11.2. The van der Waals surface area contributed by atoms with E-state index in [9.17, 15) is 0 Å². The number of nitrogens with zero attached hydrogens (tertiary/aromatic N) is 3. The van der Waals surface area contributed by atoms with Crippen LogP contribution in [0.5, 0.6) is 0 Å². The van der Waals surface area contributed by atoms with Crippen LogP contribution in [-0.4, -0.2) is 67.2 Å². The molecule has 0 bridgehead atoms. The Bertz CT molecular complexity index is 217. The van der Waals surface area contributed by atoms with E-state index in [0.29, 0.717) is 6.17 Å². The molecule has 0 aromatic rings. The lowest BCUT2D eigenvalue weighted by atomic mass is 10.3. The van der Waals surface area contributed by atoms with Crippen LogP contribution < -0.4 is 5.32 Å². The summed E-state index contributed by atoms with van der Waals surface area (Å²) in [6.45, 7) is 7.42. The van der Waals surface area contributed by atoms with Crippen molar-refractivity contribution in [1.29, 1.82) is 0 Å². The second kappa shape index (κ2) is 5.63. The fourth-order valence-electron chi connectivity index (χ4n) is 3.10. The molecule has 3 rings (SSSR count). The van der Waals surface area contributed by atoms with Crippen LogP contribution >= 0.6 is 0 Å². The molecule has 1 N–H and O–H groups in total. The highest BCUT2D eigenvalue weighted by Gasteiger charge is 2.33. The first-order chi connectivity index (χ1) is 8.45. The quantitative estimate of drug-likeness (QED) is 0.764. The van der Waals surface area contributed by atoms with Gasteiger partial charge in [0.15, 0.2) is 0 Å². The maximum absolute atomic E-state index is 5.47. The van der Waals surface area contributed by atoms with Gasteiger partial charge in [0.1, 0.15) is 0 Å². The van der Waals surface area contributed by atoms with E-state index in [4.69, 9.17) is 4.74 Å². The second-order valence-corrected chi connectivity index (χ2v) is 5.16. The van der Waals surface area contributed by atoms with Gasteiger partial charge < -0.3 is 4.74 Å². The summed E-state index contributed by atoms with van der Waals surface area (Å²) >= 11 is 0. The molecule has 17 heavy (non-hydrogen) atoms. The van der Waals surface area contributed by atoms with Crippen LogP contribution in [-0.2, 0) is 4.74 Å². The lowest BCUT2D eigenvalue weighted by Crippen LogP contribution is -2.62. The van der Waals surface area contributed by atoms with E-state index in [2.05, 4.69) is 20.5 Å². The zero-order chi connectivity index (χ0) is 11.5. The summed E-state index contributed by atoms with van der Waals surface area (Å²) < 4.78 is 5.47. The van der Waals surface area contributed by atoms with E-state index < -0.39 is 0 Å². The Morgan fingerprint density at radius 2 is 1.65 bits per heavy atom. The maximum Gasteiger partial charge on any atom is 0.0896 e. The van der Waals surface area contributed by atoms with Gasteiger partial charge in [0.2, 0.25) is 0 Å². The topological polar surface area (TPSA) is 31.0 Å². The summed E-state index contributed by atoms with van der Waals surface area (Å²) in [6.07, 6.45) is 5.78. The van der Waals surface area contributed by atoms with Crippen LogP contribution in [0.25, 0.3) is 0 Å². The summed E-state index contributed by atoms with van der Waals surface area (Å²) in [5.41, 5.74) is 0. The van der Waals surface area contributed by atoms with E-state index in [1.54, 1.807) is 0 Å². The van der Waals surface area contributed by atoms with Crippen LogP contribution in [0.2, 0.25) is 0 Å². The number of hydrazine groups is 2. The summed E-state index contributed by atoms with van der Waals surface area (Å²) in [7, 11) is 0. The van der Waals surface area contributed by atoms with Gasteiger partial charge in [-0.3, -0.25) is 5.32 Å². The molecule has 3 heterocycles.